The highest BCUT2D eigenvalue weighted by Gasteiger charge is 2.40. The van der Waals surface area contributed by atoms with E-state index in [4.69, 9.17) is 0 Å². The Labute approximate surface area is 125 Å². The highest BCUT2D eigenvalue weighted by molar-refractivity contribution is 5.75. The van der Waals surface area contributed by atoms with Crippen molar-refractivity contribution < 1.29 is 9.90 Å². The van der Waals surface area contributed by atoms with Crippen LogP contribution in [0, 0.1) is 5.41 Å². The maximum Gasteiger partial charge on any atom is 0.311 e. The summed E-state index contributed by atoms with van der Waals surface area (Å²) in [6.07, 6.45) is 10.5. The van der Waals surface area contributed by atoms with Gasteiger partial charge in [-0.3, -0.25) is 9.48 Å². The third-order valence-electron chi connectivity index (χ3n) is 5.06. The lowest BCUT2D eigenvalue weighted by atomic mass is 9.77. The molecular formula is C16H25N3O2. The highest BCUT2D eigenvalue weighted by atomic mass is 16.4. The molecule has 21 heavy (non-hydrogen) atoms. The molecule has 116 valence electrons. The minimum absolute atomic E-state index is 0.512. The van der Waals surface area contributed by atoms with Gasteiger partial charge in [0.2, 0.25) is 0 Å². The fourth-order valence-electron chi connectivity index (χ4n) is 3.74. The van der Waals surface area contributed by atoms with Crippen molar-refractivity contribution in [3.63, 3.8) is 0 Å². The summed E-state index contributed by atoms with van der Waals surface area (Å²) >= 11 is 0. The lowest BCUT2D eigenvalue weighted by Gasteiger charge is -2.33. The van der Waals surface area contributed by atoms with Crippen LogP contribution in [0.4, 0.5) is 0 Å². The second-order valence-electron chi connectivity index (χ2n) is 6.62. The number of hydrogen-bond donors (Lipinski definition) is 2. The molecule has 2 N–H and O–H groups in total. The standard InChI is InChI=1S/C16H25N3O2/c20-15(21)16(8-4-9-17-12-16)11-13-7-10-19(18-13)14-5-2-1-3-6-14/h7,10,14,17H,1-6,8-9,11-12H2,(H,20,21). The summed E-state index contributed by atoms with van der Waals surface area (Å²) in [5.74, 6) is -0.693. The van der Waals surface area contributed by atoms with Crippen LogP contribution in [-0.2, 0) is 11.2 Å². The fraction of sp³-hybridized carbons (Fsp3) is 0.750. The largest absolute Gasteiger partial charge is 0.481 e. The molecule has 2 aliphatic rings. The molecule has 5 nitrogen and oxygen atoms in total. The van der Waals surface area contributed by atoms with E-state index in [1.165, 1.54) is 32.1 Å². The van der Waals surface area contributed by atoms with E-state index in [0.717, 1.165) is 25.1 Å². The molecule has 0 radical (unpaired) electrons. The Balaban J connectivity index is 1.71. The van der Waals surface area contributed by atoms with Gasteiger partial charge < -0.3 is 10.4 Å². The van der Waals surface area contributed by atoms with E-state index >= 15 is 0 Å². The highest BCUT2D eigenvalue weighted by Crippen LogP contribution is 2.32. The Morgan fingerprint density at radius 3 is 2.86 bits per heavy atom. The second-order valence-corrected chi connectivity index (χ2v) is 6.62. The van der Waals surface area contributed by atoms with Crippen LogP contribution in [0.25, 0.3) is 0 Å². The van der Waals surface area contributed by atoms with Crippen LogP contribution in [0.5, 0.6) is 0 Å². The lowest BCUT2D eigenvalue weighted by Crippen LogP contribution is -2.47. The van der Waals surface area contributed by atoms with E-state index in [2.05, 4.69) is 15.1 Å². The molecule has 3 rings (SSSR count). The number of aliphatic carboxylic acids is 1. The smallest absolute Gasteiger partial charge is 0.311 e. The fourth-order valence-corrected chi connectivity index (χ4v) is 3.74. The van der Waals surface area contributed by atoms with Crippen molar-refractivity contribution in [1.82, 2.24) is 15.1 Å². The van der Waals surface area contributed by atoms with Crippen molar-refractivity contribution in [2.75, 3.05) is 13.1 Å². The van der Waals surface area contributed by atoms with E-state index in [9.17, 15) is 9.90 Å². The zero-order valence-electron chi connectivity index (χ0n) is 12.6. The maximum absolute atomic E-state index is 11.7. The normalized spacial score (nSPS) is 27.6. The summed E-state index contributed by atoms with van der Waals surface area (Å²) < 4.78 is 2.07. The number of carboxylic acid groups (broad SMARTS) is 1. The molecule has 0 bridgehead atoms. The van der Waals surface area contributed by atoms with E-state index in [1.807, 2.05) is 12.3 Å². The first-order valence-corrected chi connectivity index (χ1v) is 8.18. The monoisotopic (exact) mass is 291 g/mol. The summed E-state index contributed by atoms with van der Waals surface area (Å²) in [6.45, 7) is 1.48. The van der Waals surface area contributed by atoms with E-state index in [-0.39, 0.29) is 0 Å². The lowest BCUT2D eigenvalue weighted by molar-refractivity contribution is -0.150. The van der Waals surface area contributed by atoms with E-state index < -0.39 is 11.4 Å². The van der Waals surface area contributed by atoms with Crippen molar-refractivity contribution in [3.05, 3.63) is 18.0 Å². The molecule has 0 aromatic carbocycles. The summed E-state index contributed by atoms with van der Waals surface area (Å²) in [7, 11) is 0. The molecule has 1 aliphatic heterocycles. The van der Waals surface area contributed by atoms with Crippen LogP contribution < -0.4 is 5.32 Å². The molecule has 1 saturated carbocycles. The van der Waals surface area contributed by atoms with Gasteiger partial charge in [0.05, 0.1) is 17.2 Å². The number of piperidine rings is 1. The van der Waals surface area contributed by atoms with Gasteiger partial charge in [0.25, 0.3) is 0 Å². The van der Waals surface area contributed by atoms with E-state index in [0.29, 0.717) is 19.0 Å². The molecule has 1 unspecified atom stereocenters. The molecule has 5 heteroatoms. The number of carboxylic acids is 1. The van der Waals surface area contributed by atoms with Crippen LogP contribution in [0.2, 0.25) is 0 Å². The van der Waals surface area contributed by atoms with Crippen molar-refractivity contribution >= 4 is 5.97 Å². The van der Waals surface area contributed by atoms with Gasteiger partial charge in [0, 0.05) is 19.2 Å². The first kappa shape index (κ1) is 14.6. The summed E-state index contributed by atoms with van der Waals surface area (Å²) in [5.41, 5.74) is 0.246. The van der Waals surface area contributed by atoms with Gasteiger partial charge in [-0.15, -0.1) is 0 Å². The van der Waals surface area contributed by atoms with E-state index in [1.54, 1.807) is 0 Å². The first-order valence-electron chi connectivity index (χ1n) is 8.18. The van der Waals surface area contributed by atoms with Crippen LogP contribution in [0.1, 0.15) is 56.7 Å². The number of carbonyl (C=O) groups is 1. The zero-order chi connectivity index (χ0) is 14.7. The Bertz CT molecular complexity index is 485. The minimum atomic E-state index is -0.693. The Hall–Kier alpha value is -1.36. The van der Waals surface area contributed by atoms with Crippen molar-refractivity contribution in [3.8, 4) is 0 Å². The first-order chi connectivity index (χ1) is 10.2. The van der Waals surface area contributed by atoms with Crippen molar-refractivity contribution in [2.45, 2.75) is 57.4 Å². The van der Waals surface area contributed by atoms with Gasteiger partial charge in [0.1, 0.15) is 0 Å². The van der Waals surface area contributed by atoms with Crippen LogP contribution in [0.15, 0.2) is 12.3 Å². The van der Waals surface area contributed by atoms with Gasteiger partial charge in [0.15, 0.2) is 0 Å². The van der Waals surface area contributed by atoms with Gasteiger partial charge in [-0.05, 0) is 38.3 Å². The second kappa shape index (κ2) is 6.18. The molecule has 1 saturated heterocycles. The van der Waals surface area contributed by atoms with Crippen LogP contribution in [0.3, 0.4) is 0 Å². The van der Waals surface area contributed by atoms with Crippen molar-refractivity contribution in [1.29, 1.82) is 0 Å². The van der Waals surface area contributed by atoms with Gasteiger partial charge in [-0.2, -0.15) is 5.10 Å². The predicted molar refractivity (Wildman–Crippen MR) is 80.2 cm³/mol. The number of rotatable bonds is 4. The Morgan fingerprint density at radius 2 is 2.19 bits per heavy atom. The predicted octanol–water partition coefficient (Wildman–Crippen LogP) is 2.39. The summed E-state index contributed by atoms with van der Waals surface area (Å²) in [5, 5.41) is 17.5. The molecular weight excluding hydrogens is 266 g/mol. The molecule has 0 amide bonds. The minimum Gasteiger partial charge on any atom is -0.481 e. The third-order valence-corrected chi connectivity index (χ3v) is 5.06. The number of nitrogens with one attached hydrogen (secondary N) is 1. The topological polar surface area (TPSA) is 67.1 Å². The number of nitrogens with zero attached hydrogens (tertiary/aromatic N) is 2. The number of hydrogen-bond acceptors (Lipinski definition) is 3. The average Bonchev–Trinajstić information content (AvgIpc) is 2.97. The molecule has 2 fully saturated rings. The van der Waals surface area contributed by atoms with Crippen LogP contribution >= 0.6 is 0 Å². The maximum atomic E-state index is 11.7. The van der Waals surface area contributed by atoms with Gasteiger partial charge in [-0.25, -0.2) is 0 Å². The van der Waals surface area contributed by atoms with Gasteiger partial charge in [-0.1, -0.05) is 19.3 Å². The third kappa shape index (κ3) is 3.12. The Kier molecular flexibility index (Phi) is 4.29. The Morgan fingerprint density at radius 1 is 1.38 bits per heavy atom. The molecule has 0 spiro atoms. The van der Waals surface area contributed by atoms with Crippen molar-refractivity contribution in [2.24, 2.45) is 5.41 Å². The molecule has 2 heterocycles. The molecule has 1 aliphatic carbocycles. The SMILES string of the molecule is O=C(O)C1(Cc2ccn(C3CCCCC3)n2)CCCNC1. The summed E-state index contributed by atoms with van der Waals surface area (Å²) in [4.78, 5) is 11.7. The quantitative estimate of drug-likeness (QED) is 0.894. The molecule has 1 aromatic rings. The summed E-state index contributed by atoms with van der Waals surface area (Å²) in [6, 6.07) is 2.52. The molecule has 1 atom stereocenters. The van der Waals surface area contributed by atoms with Crippen LogP contribution in [-0.4, -0.2) is 33.9 Å². The molecule has 1 aromatic heterocycles. The average molecular weight is 291 g/mol. The number of aromatic nitrogens is 2. The zero-order valence-corrected chi connectivity index (χ0v) is 12.6. The van der Waals surface area contributed by atoms with Gasteiger partial charge >= 0.3 is 5.97 Å².